The van der Waals surface area contributed by atoms with Gasteiger partial charge in [0.15, 0.2) is 6.10 Å². The first kappa shape index (κ1) is 28.0. The van der Waals surface area contributed by atoms with Crippen molar-refractivity contribution in [2.75, 3.05) is 31.8 Å². The predicted octanol–water partition coefficient (Wildman–Crippen LogP) is 7.04. The molecule has 1 aromatic heterocycles. The Kier molecular flexibility index (Phi) is 8.38. The lowest BCUT2D eigenvalue weighted by Gasteiger charge is -2.30. The summed E-state index contributed by atoms with van der Waals surface area (Å²) < 4.78 is 17.5. The quantitative estimate of drug-likeness (QED) is 0.326. The Labute approximate surface area is 230 Å². The highest BCUT2D eigenvalue weighted by Gasteiger charge is 2.35. The molecule has 7 heteroatoms. The number of carbonyl (C=O) groups excluding carboxylic acids is 1. The highest BCUT2D eigenvalue weighted by atomic mass is 32.2. The van der Waals surface area contributed by atoms with Gasteiger partial charge < -0.3 is 19.5 Å². The van der Waals surface area contributed by atoms with Crippen LogP contribution in [-0.4, -0.2) is 43.1 Å². The van der Waals surface area contributed by atoms with Crippen LogP contribution in [0.25, 0.3) is 22.4 Å². The van der Waals surface area contributed by atoms with Crippen LogP contribution in [0.15, 0.2) is 36.4 Å². The van der Waals surface area contributed by atoms with Crippen LogP contribution in [0, 0.1) is 20.8 Å². The van der Waals surface area contributed by atoms with Gasteiger partial charge in [0.05, 0.1) is 29.8 Å². The minimum Gasteiger partial charge on any atom is -0.490 e. The van der Waals surface area contributed by atoms with E-state index in [2.05, 4.69) is 56.4 Å². The number of hydrogen-bond acceptors (Lipinski definition) is 7. The number of ether oxygens (including phenoxy) is 3. The highest BCUT2D eigenvalue weighted by Crippen LogP contribution is 2.43. The van der Waals surface area contributed by atoms with Crippen molar-refractivity contribution in [3.63, 3.8) is 0 Å². The van der Waals surface area contributed by atoms with E-state index in [9.17, 15) is 4.79 Å². The highest BCUT2D eigenvalue weighted by molar-refractivity contribution is 7.97. The first-order chi connectivity index (χ1) is 18.0. The Morgan fingerprint density at radius 3 is 2.50 bits per heavy atom. The van der Waals surface area contributed by atoms with Crippen molar-refractivity contribution in [1.82, 2.24) is 4.98 Å². The fourth-order valence-electron chi connectivity index (χ4n) is 4.80. The van der Waals surface area contributed by atoms with Gasteiger partial charge in [0, 0.05) is 23.4 Å². The molecule has 2 aromatic carbocycles. The number of methoxy groups -OCH3 is 1. The number of anilines is 1. The molecular weight excluding hydrogens is 496 g/mol. The first-order valence-corrected chi connectivity index (χ1v) is 14.3. The average molecular weight is 535 g/mol. The summed E-state index contributed by atoms with van der Waals surface area (Å²) in [6.07, 6.45) is 1.11. The molecular formula is C31H38N2O4S. The van der Waals surface area contributed by atoms with Crippen LogP contribution in [0.1, 0.15) is 54.8 Å². The number of carbonyl (C=O) groups is 1. The van der Waals surface area contributed by atoms with E-state index in [1.165, 1.54) is 18.2 Å². The fourth-order valence-corrected chi connectivity index (χ4v) is 5.29. The van der Waals surface area contributed by atoms with Crippen LogP contribution in [0.4, 0.5) is 5.69 Å². The van der Waals surface area contributed by atoms with Crippen molar-refractivity contribution in [2.24, 2.45) is 0 Å². The molecule has 0 amide bonds. The molecule has 2 heterocycles. The van der Waals surface area contributed by atoms with E-state index >= 15 is 0 Å². The number of esters is 1. The Balaban J connectivity index is 2.08. The first-order valence-electron chi connectivity index (χ1n) is 12.9. The van der Waals surface area contributed by atoms with Gasteiger partial charge in [0.1, 0.15) is 12.4 Å². The van der Waals surface area contributed by atoms with Crippen molar-refractivity contribution < 1.29 is 19.0 Å². The fraction of sp³-hybridized carbons (Fsp3) is 0.419. The maximum atomic E-state index is 13.3. The normalized spacial score (nSPS) is 13.8. The van der Waals surface area contributed by atoms with Gasteiger partial charge in [-0.25, -0.2) is 4.79 Å². The van der Waals surface area contributed by atoms with E-state index in [0.29, 0.717) is 12.4 Å². The number of nitrogens with zero attached hydrogens (tertiary/aromatic N) is 1. The Bertz CT molecular complexity index is 1350. The van der Waals surface area contributed by atoms with Crippen LogP contribution in [0.2, 0.25) is 0 Å². The zero-order valence-electron chi connectivity index (χ0n) is 23.7. The molecule has 0 aliphatic carbocycles. The third kappa shape index (κ3) is 5.84. The van der Waals surface area contributed by atoms with Crippen molar-refractivity contribution in [3.8, 4) is 28.1 Å². The summed E-state index contributed by atoms with van der Waals surface area (Å²) in [5, 5.41) is 3.45. The summed E-state index contributed by atoms with van der Waals surface area (Å²) in [5.41, 5.74) is 9.19. The predicted molar refractivity (Wildman–Crippen MR) is 156 cm³/mol. The number of aromatic nitrogens is 1. The molecule has 0 saturated carbocycles. The number of pyridine rings is 1. The monoisotopic (exact) mass is 534 g/mol. The SMILES string of the molecule is COC(=O)[C@@H](OC(C)(C)C)c1c(CSC)nc(-c2ccc(C)c(C)c2)c(C)c1-c1ccc2c(c1)NCCO2. The number of nitrogens with one attached hydrogen (secondary N) is 1. The zero-order valence-corrected chi connectivity index (χ0v) is 24.5. The third-order valence-electron chi connectivity index (χ3n) is 6.71. The van der Waals surface area contributed by atoms with E-state index in [1.54, 1.807) is 11.8 Å². The summed E-state index contributed by atoms with van der Waals surface area (Å²) in [5.74, 6) is 0.999. The molecule has 0 bridgehead atoms. The Hall–Kier alpha value is -3.03. The maximum absolute atomic E-state index is 13.3. The molecule has 38 heavy (non-hydrogen) atoms. The second-order valence-electron chi connectivity index (χ2n) is 10.7. The largest absolute Gasteiger partial charge is 0.490 e. The molecule has 0 unspecified atom stereocenters. The van der Waals surface area contributed by atoms with Gasteiger partial charge >= 0.3 is 5.97 Å². The maximum Gasteiger partial charge on any atom is 0.339 e. The van der Waals surface area contributed by atoms with Crippen LogP contribution < -0.4 is 10.1 Å². The van der Waals surface area contributed by atoms with Crippen molar-refractivity contribution in [2.45, 2.75) is 59.0 Å². The van der Waals surface area contributed by atoms with E-state index in [0.717, 1.165) is 57.2 Å². The van der Waals surface area contributed by atoms with Gasteiger partial charge in [-0.3, -0.25) is 4.98 Å². The lowest BCUT2D eigenvalue weighted by molar-refractivity contribution is -0.164. The number of hydrogen-bond donors (Lipinski definition) is 1. The minimum absolute atomic E-state index is 0.442. The number of aryl methyl sites for hydroxylation is 2. The number of thioether (sulfide) groups is 1. The van der Waals surface area contributed by atoms with Gasteiger partial charge in [0.2, 0.25) is 0 Å². The topological polar surface area (TPSA) is 69.7 Å². The smallest absolute Gasteiger partial charge is 0.339 e. The van der Waals surface area contributed by atoms with Gasteiger partial charge in [-0.05, 0) is 93.8 Å². The molecule has 1 aliphatic heterocycles. The lowest BCUT2D eigenvalue weighted by atomic mass is 9.87. The van der Waals surface area contributed by atoms with Gasteiger partial charge in [0.25, 0.3) is 0 Å². The van der Waals surface area contributed by atoms with Gasteiger partial charge in [-0.1, -0.05) is 18.2 Å². The molecule has 6 nitrogen and oxygen atoms in total. The third-order valence-corrected chi connectivity index (χ3v) is 7.27. The molecule has 0 fully saturated rings. The van der Waals surface area contributed by atoms with Gasteiger partial charge in [-0.2, -0.15) is 11.8 Å². The minimum atomic E-state index is -0.933. The molecule has 0 spiro atoms. The van der Waals surface area contributed by atoms with E-state index in [-0.39, 0.29) is 0 Å². The van der Waals surface area contributed by atoms with Crippen LogP contribution in [0.3, 0.4) is 0 Å². The van der Waals surface area contributed by atoms with E-state index in [4.69, 9.17) is 19.2 Å². The molecule has 1 N–H and O–H groups in total. The zero-order chi connectivity index (χ0) is 27.6. The standard InChI is InChI=1S/C31H38N2O4S/c1-18-9-10-22(15-19(18)2)28-20(3)26(21-11-12-25-23(16-21)32-13-14-36-25)27(24(33-28)17-38-8)29(30(34)35-7)37-31(4,5)6/h9-12,15-16,29,32H,13-14,17H2,1-8H3/t29-/m0/s1. The van der Waals surface area contributed by atoms with Crippen molar-refractivity contribution in [3.05, 3.63) is 64.3 Å². The molecule has 3 aromatic rings. The van der Waals surface area contributed by atoms with Crippen molar-refractivity contribution >= 4 is 23.4 Å². The summed E-state index contributed by atoms with van der Waals surface area (Å²) in [4.78, 5) is 18.5. The molecule has 1 aliphatic rings. The number of fused-ring (bicyclic) bond motifs is 1. The van der Waals surface area contributed by atoms with Gasteiger partial charge in [-0.15, -0.1) is 0 Å². The molecule has 1 atom stereocenters. The lowest BCUT2D eigenvalue weighted by Crippen LogP contribution is -2.30. The second kappa shape index (κ2) is 11.4. The Morgan fingerprint density at radius 2 is 1.84 bits per heavy atom. The van der Waals surface area contributed by atoms with Crippen LogP contribution >= 0.6 is 11.8 Å². The molecule has 0 radical (unpaired) electrons. The Morgan fingerprint density at radius 1 is 1.11 bits per heavy atom. The summed E-state index contributed by atoms with van der Waals surface area (Å²) in [7, 11) is 1.40. The average Bonchev–Trinajstić information content (AvgIpc) is 2.88. The van der Waals surface area contributed by atoms with Crippen molar-refractivity contribution in [1.29, 1.82) is 0 Å². The summed E-state index contributed by atoms with van der Waals surface area (Å²) in [6.45, 7) is 13.5. The van der Waals surface area contributed by atoms with Crippen LogP contribution in [0.5, 0.6) is 5.75 Å². The number of benzene rings is 2. The summed E-state index contributed by atoms with van der Waals surface area (Å²) >= 11 is 1.66. The molecule has 0 saturated heterocycles. The van der Waals surface area contributed by atoms with E-state index in [1.807, 2.05) is 33.1 Å². The molecule has 202 valence electrons. The van der Waals surface area contributed by atoms with Crippen LogP contribution in [-0.2, 0) is 20.0 Å². The second-order valence-corrected chi connectivity index (χ2v) is 11.5. The molecule has 4 rings (SSSR count). The summed E-state index contributed by atoms with van der Waals surface area (Å²) in [6, 6.07) is 12.6. The number of rotatable bonds is 7. The van der Waals surface area contributed by atoms with E-state index < -0.39 is 17.7 Å².